The molecule has 1 saturated heterocycles. The van der Waals surface area contributed by atoms with Crippen molar-refractivity contribution in [2.24, 2.45) is 17.9 Å². The summed E-state index contributed by atoms with van der Waals surface area (Å²) in [5.41, 5.74) is 12.5. The van der Waals surface area contributed by atoms with E-state index in [4.69, 9.17) is 15.9 Å². The van der Waals surface area contributed by atoms with Crippen LogP contribution in [0.25, 0.3) is 11.0 Å². The van der Waals surface area contributed by atoms with Crippen LogP contribution in [-0.4, -0.2) is 57.6 Å². The number of aromatic nitrogens is 2. The summed E-state index contributed by atoms with van der Waals surface area (Å²) in [6, 6.07) is 21.9. The van der Waals surface area contributed by atoms with Crippen LogP contribution in [0.3, 0.4) is 0 Å². The van der Waals surface area contributed by atoms with E-state index >= 15 is 0 Å². The van der Waals surface area contributed by atoms with E-state index in [1.807, 2.05) is 54.4 Å². The van der Waals surface area contributed by atoms with Crippen LogP contribution in [0.4, 0.5) is 5.69 Å². The largest absolute Gasteiger partial charge is 0.409 e. The first-order chi connectivity index (χ1) is 17.9. The number of para-hydroxylation sites is 1. The molecular weight excluding hydrogens is 464 g/mol. The molecule has 1 aromatic heterocycles. The van der Waals surface area contributed by atoms with Gasteiger partial charge in [0.1, 0.15) is 5.82 Å². The zero-order chi connectivity index (χ0) is 25.9. The fourth-order valence-electron chi connectivity index (χ4n) is 5.01. The highest BCUT2D eigenvalue weighted by Gasteiger charge is 2.23. The van der Waals surface area contributed by atoms with Crippen LogP contribution in [0.15, 0.2) is 71.9 Å². The minimum atomic E-state index is 0.0596. The van der Waals surface area contributed by atoms with Crippen molar-refractivity contribution in [3.8, 4) is 0 Å². The fourth-order valence-corrected chi connectivity index (χ4v) is 5.01. The first-order valence-corrected chi connectivity index (χ1v) is 12.6. The van der Waals surface area contributed by atoms with Crippen molar-refractivity contribution in [2.75, 3.05) is 31.1 Å². The van der Waals surface area contributed by atoms with Gasteiger partial charge in [0.25, 0.3) is 5.91 Å². The van der Waals surface area contributed by atoms with E-state index in [9.17, 15) is 4.79 Å². The molecule has 1 fully saturated rings. The number of carbonyl (C=O) groups is 1. The number of benzene rings is 3. The quantitative estimate of drug-likeness (QED) is 0.183. The summed E-state index contributed by atoms with van der Waals surface area (Å²) in [6.07, 6.45) is 1.57. The highest BCUT2D eigenvalue weighted by molar-refractivity contribution is 5.98. The summed E-state index contributed by atoms with van der Waals surface area (Å²) in [4.78, 5) is 22.4. The number of anilines is 1. The van der Waals surface area contributed by atoms with E-state index < -0.39 is 0 Å². The summed E-state index contributed by atoms with van der Waals surface area (Å²) in [5, 5.41) is 11.9. The lowest BCUT2D eigenvalue weighted by Crippen LogP contribution is -2.49. The molecule has 0 aliphatic carbocycles. The Morgan fingerprint density at radius 3 is 2.38 bits per heavy atom. The number of carbonyl (C=O) groups excluding carboxylic acids is 1. The van der Waals surface area contributed by atoms with Crippen LogP contribution in [0, 0.1) is 6.92 Å². The van der Waals surface area contributed by atoms with Gasteiger partial charge in [-0.2, -0.15) is 0 Å². The molecule has 37 heavy (non-hydrogen) atoms. The van der Waals surface area contributed by atoms with Crippen LogP contribution < -0.4 is 10.6 Å². The van der Waals surface area contributed by atoms with Crippen molar-refractivity contribution >= 4 is 28.5 Å². The van der Waals surface area contributed by atoms with Gasteiger partial charge in [-0.3, -0.25) is 4.79 Å². The Hall–Kier alpha value is -4.33. The Labute approximate surface area is 216 Å². The minimum absolute atomic E-state index is 0.0596. The second-order valence-corrected chi connectivity index (χ2v) is 9.54. The van der Waals surface area contributed by atoms with Crippen LogP contribution in [0.5, 0.6) is 0 Å². The molecule has 3 aromatic carbocycles. The predicted molar refractivity (Wildman–Crippen MR) is 146 cm³/mol. The molecule has 190 valence electrons. The molecule has 5 rings (SSSR count). The van der Waals surface area contributed by atoms with Crippen molar-refractivity contribution in [3.05, 3.63) is 94.8 Å². The lowest BCUT2D eigenvalue weighted by atomic mass is 10.1. The smallest absolute Gasteiger partial charge is 0.254 e. The average Bonchev–Trinajstić information content (AvgIpc) is 3.26. The first kappa shape index (κ1) is 24.4. The Bertz CT molecular complexity index is 1450. The van der Waals surface area contributed by atoms with Crippen molar-refractivity contribution in [1.82, 2.24) is 14.5 Å². The van der Waals surface area contributed by atoms with Crippen molar-refractivity contribution in [2.45, 2.75) is 19.8 Å². The summed E-state index contributed by atoms with van der Waals surface area (Å²) in [5.74, 6) is 1.12. The molecule has 8 heteroatoms. The van der Waals surface area contributed by atoms with Gasteiger partial charge >= 0.3 is 0 Å². The van der Waals surface area contributed by atoms with Gasteiger partial charge in [-0.15, -0.1) is 0 Å². The molecule has 0 radical (unpaired) electrons. The number of nitrogens with two attached hydrogens (primary N) is 1. The van der Waals surface area contributed by atoms with E-state index in [1.165, 1.54) is 11.3 Å². The Morgan fingerprint density at radius 1 is 0.973 bits per heavy atom. The van der Waals surface area contributed by atoms with Gasteiger partial charge in [0.05, 0.1) is 11.0 Å². The van der Waals surface area contributed by atoms with Gasteiger partial charge < -0.3 is 25.3 Å². The number of oxime groups is 1. The number of piperazine rings is 1. The van der Waals surface area contributed by atoms with E-state index in [-0.39, 0.29) is 11.7 Å². The molecule has 3 N–H and O–H groups in total. The van der Waals surface area contributed by atoms with Crippen molar-refractivity contribution < 1.29 is 10.0 Å². The monoisotopic (exact) mass is 496 g/mol. The van der Waals surface area contributed by atoms with Crippen LogP contribution in [0.2, 0.25) is 0 Å². The number of imidazole rings is 1. The summed E-state index contributed by atoms with van der Waals surface area (Å²) in [7, 11) is 2.01. The molecule has 0 spiro atoms. The topological polar surface area (TPSA) is 100.0 Å². The number of fused-ring (bicyclic) bond motifs is 1. The number of aryl methyl sites for hydroxylation is 4. The molecule has 4 aromatic rings. The lowest BCUT2D eigenvalue weighted by Gasteiger charge is -2.36. The molecule has 1 amide bonds. The zero-order valence-corrected chi connectivity index (χ0v) is 21.3. The van der Waals surface area contributed by atoms with Gasteiger partial charge in [0.2, 0.25) is 0 Å². The number of amides is 1. The molecule has 0 unspecified atom stereocenters. The van der Waals surface area contributed by atoms with Crippen LogP contribution in [-0.2, 0) is 19.9 Å². The maximum Gasteiger partial charge on any atom is 0.254 e. The van der Waals surface area contributed by atoms with Gasteiger partial charge in [0, 0.05) is 56.5 Å². The Morgan fingerprint density at radius 2 is 1.68 bits per heavy atom. The summed E-state index contributed by atoms with van der Waals surface area (Å²) in [6.45, 7) is 5.18. The molecule has 2 heterocycles. The third kappa shape index (κ3) is 5.00. The average molecular weight is 497 g/mol. The van der Waals surface area contributed by atoms with Crippen molar-refractivity contribution in [3.63, 3.8) is 0 Å². The molecule has 0 bridgehead atoms. The standard InChI is InChI=1S/C29H32N6O2/c1-20-5-3-4-6-25(20)34-15-17-35(18-16-34)29(36)23-12-13-26-24(19-23)31-27(33(26)2)14-9-21-7-10-22(11-8-21)28(30)32-37/h3-8,10-13,19,37H,9,14-18H2,1-2H3,(H2,30,32). The predicted octanol–water partition coefficient (Wildman–Crippen LogP) is 3.72. The van der Waals surface area contributed by atoms with E-state index in [1.54, 1.807) is 0 Å². The molecule has 8 nitrogen and oxygen atoms in total. The lowest BCUT2D eigenvalue weighted by molar-refractivity contribution is 0.0747. The third-order valence-electron chi connectivity index (χ3n) is 7.24. The number of amidine groups is 1. The Balaban J connectivity index is 1.25. The summed E-state index contributed by atoms with van der Waals surface area (Å²) < 4.78 is 2.09. The minimum Gasteiger partial charge on any atom is -0.409 e. The highest BCUT2D eigenvalue weighted by atomic mass is 16.4. The van der Waals surface area contributed by atoms with Gasteiger partial charge in [0.15, 0.2) is 5.84 Å². The first-order valence-electron chi connectivity index (χ1n) is 12.6. The van der Waals surface area contributed by atoms with E-state index in [2.05, 4.69) is 45.8 Å². The fraction of sp³-hybridized carbons (Fsp3) is 0.276. The van der Waals surface area contributed by atoms with E-state index in [0.29, 0.717) is 24.2 Å². The number of rotatable bonds is 6. The number of hydrogen-bond acceptors (Lipinski definition) is 5. The molecule has 1 aliphatic heterocycles. The second-order valence-electron chi connectivity index (χ2n) is 9.54. The Kier molecular flexibility index (Phi) is 6.81. The number of hydrogen-bond donors (Lipinski definition) is 2. The molecule has 1 aliphatic rings. The van der Waals surface area contributed by atoms with E-state index in [0.717, 1.165) is 48.4 Å². The maximum absolute atomic E-state index is 13.3. The second kappa shape index (κ2) is 10.3. The van der Waals surface area contributed by atoms with Crippen molar-refractivity contribution in [1.29, 1.82) is 0 Å². The summed E-state index contributed by atoms with van der Waals surface area (Å²) >= 11 is 0. The zero-order valence-electron chi connectivity index (χ0n) is 21.3. The number of nitrogens with zero attached hydrogens (tertiary/aromatic N) is 5. The molecule has 0 saturated carbocycles. The van der Waals surface area contributed by atoms with Gasteiger partial charge in [-0.25, -0.2) is 4.98 Å². The molecule has 0 atom stereocenters. The van der Waals surface area contributed by atoms with Crippen LogP contribution in [0.1, 0.15) is 32.9 Å². The SMILES string of the molecule is Cc1ccccc1N1CCN(C(=O)c2ccc3c(c2)nc(CCc2ccc(/C(N)=N/O)cc2)n3C)CC1. The maximum atomic E-state index is 13.3. The normalized spacial score (nSPS) is 14.4. The van der Waals surface area contributed by atoms with Gasteiger partial charge in [-0.05, 0) is 48.7 Å². The van der Waals surface area contributed by atoms with Crippen LogP contribution >= 0.6 is 0 Å². The highest BCUT2D eigenvalue weighted by Crippen LogP contribution is 2.23. The molecular formula is C29H32N6O2. The third-order valence-corrected chi connectivity index (χ3v) is 7.24. The van der Waals surface area contributed by atoms with Gasteiger partial charge in [-0.1, -0.05) is 47.6 Å².